The smallest absolute Gasteiger partial charge is 0.135 e. The molecule has 0 radical (unpaired) electrons. The van der Waals surface area contributed by atoms with Crippen LogP contribution in [0.15, 0.2) is 15.9 Å². The van der Waals surface area contributed by atoms with E-state index < -0.39 is 0 Å². The van der Waals surface area contributed by atoms with Crippen molar-refractivity contribution >= 4 is 38.9 Å². The quantitative estimate of drug-likeness (QED) is 0.915. The van der Waals surface area contributed by atoms with Crippen molar-refractivity contribution in [1.29, 1.82) is 0 Å². The first-order valence-electron chi connectivity index (χ1n) is 4.31. The lowest BCUT2D eigenvalue weighted by molar-refractivity contribution is 0.297. The van der Waals surface area contributed by atoms with Crippen LogP contribution >= 0.6 is 38.9 Å². The minimum Gasteiger partial charge on any atom is -0.396 e. The summed E-state index contributed by atoms with van der Waals surface area (Å²) in [6.45, 7) is 0.0669. The van der Waals surface area contributed by atoms with E-state index in [4.69, 9.17) is 16.7 Å². The van der Waals surface area contributed by atoms with Crippen molar-refractivity contribution in [2.45, 2.75) is 6.42 Å². The average Bonchev–Trinajstić information content (AvgIpc) is 2.73. The van der Waals surface area contributed by atoms with E-state index in [-0.39, 0.29) is 6.61 Å². The van der Waals surface area contributed by atoms with Gasteiger partial charge in [-0.25, -0.2) is 4.98 Å². The first kappa shape index (κ1) is 11.1. The van der Waals surface area contributed by atoms with E-state index >= 15 is 0 Å². The number of aliphatic hydroxyl groups excluding tert-OH is 1. The second-order valence-electron chi connectivity index (χ2n) is 2.92. The maximum absolute atomic E-state index is 8.79. The number of rotatable bonds is 3. The van der Waals surface area contributed by atoms with Crippen molar-refractivity contribution in [1.82, 2.24) is 9.97 Å². The topological polar surface area (TPSA) is 48.9 Å². The standard InChI is InChI=1S/C9H8BrClN2OS/c10-6-2-1-5(15-6)8-9(11)13-7(12-8)3-4-14/h1-2,14H,3-4H2,(H,12,13). The Balaban J connectivity index is 2.35. The van der Waals surface area contributed by atoms with Crippen LogP contribution in [0.25, 0.3) is 10.6 Å². The van der Waals surface area contributed by atoms with Gasteiger partial charge in [-0.1, -0.05) is 11.6 Å². The molecule has 0 aliphatic rings. The van der Waals surface area contributed by atoms with E-state index in [0.717, 1.165) is 14.4 Å². The lowest BCUT2D eigenvalue weighted by Gasteiger charge is -1.89. The van der Waals surface area contributed by atoms with Crippen LogP contribution in [0.3, 0.4) is 0 Å². The van der Waals surface area contributed by atoms with Gasteiger partial charge in [0.1, 0.15) is 16.7 Å². The Morgan fingerprint density at radius 2 is 2.33 bits per heavy atom. The lowest BCUT2D eigenvalue weighted by atomic mass is 10.4. The zero-order valence-electron chi connectivity index (χ0n) is 7.63. The van der Waals surface area contributed by atoms with Gasteiger partial charge in [-0.05, 0) is 28.1 Å². The fraction of sp³-hybridized carbons (Fsp3) is 0.222. The van der Waals surface area contributed by atoms with Crippen LogP contribution in [-0.4, -0.2) is 21.7 Å². The van der Waals surface area contributed by atoms with Crippen molar-refractivity contribution in [2.24, 2.45) is 0 Å². The van der Waals surface area contributed by atoms with Gasteiger partial charge in [0.2, 0.25) is 0 Å². The second-order valence-corrected chi connectivity index (χ2v) is 5.76. The molecular formula is C9H8BrClN2OS. The summed E-state index contributed by atoms with van der Waals surface area (Å²) in [4.78, 5) is 8.27. The minimum absolute atomic E-state index is 0.0669. The molecule has 0 aliphatic carbocycles. The summed E-state index contributed by atoms with van der Waals surface area (Å²) in [5.74, 6) is 0.710. The number of nitrogens with one attached hydrogen (secondary N) is 1. The number of hydrogen-bond donors (Lipinski definition) is 2. The molecule has 0 fully saturated rings. The number of hydrogen-bond acceptors (Lipinski definition) is 3. The molecule has 80 valence electrons. The Bertz CT molecular complexity index is 468. The van der Waals surface area contributed by atoms with Gasteiger partial charge in [-0.15, -0.1) is 11.3 Å². The lowest BCUT2D eigenvalue weighted by Crippen LogP contribution is -1.92. The fourth-order valence-electron chi connectivity index (χ4n) is 1.23. The van der Waals surface area contributed by atoms with Gasteiger partial charge < -0.3 is 10.1 Å². The number of imidazole rings is 1. The highest BCUT2D eigenvalue weighted by molar-refractivity contribution is 9.11. The molecule has 0 spiro atoms. The van der Waals surface area contributed by atoms with E-state index in [1.54, 1.807) is 11.3 Å². The summed E-state index contributed by atoms with van der Waals surface area (Å²) >= 11 is 11.0. The number of thiophene rings is 1. The Morgan fingerprint density at radius 1 is 1.53 bits per heavy atom. The predicted octanol–water partition coefficient (Wildman–Crippen LogP) is 3.09. The van der Waals surface area contributed by atoms with Gasteiger partial charge in [0.05, 0.1) is 15.3 Å². The third kappa shape index (κ3) is 2.42. The van der Waals surface area contributed by atoms with Crippen LogP contribution in [0.1, 0.15) is 5.82 Å². The molecule has 3 nitrogen and oxygen atoms in total. The Labute approximate surface area is 104 Å². The first-order valence-corrected chi connectivity index (χ1v) is 6.30. The third-order valence-electron chi connectivity index (χ3n) is 1.86. The number of aromatic nitrogens is 2. The van der Waals surface area contributed by atoms with Crippen molar-refractivity contribution in [2.75, 3.05) is 6.61 Å². The van der Waals surface area contributed by atoms with Crippen molar-refractivity contribution < 1.29 is 5.11 Å². The summed E-state index contributed by atoms with van der Waals surface area (Å²) in [7, 11) is 0. The van der Waals surface area contributed by atoms with Crippen LogP contribution in [0, 0.1) is 0 Å². The summed E-state index contributed by atoms with van der Waals surface area (Å²) < 4.78 is 1.04. The third-order valence-corrected chi connectivity index (χ3v) is 3.77. The molecule has 0 aliphatic heterocycles. The fourth-order valence-corrected chi connectivity index (χ4v) is 2.92. The maximum atomic E-state index is 8.79. The van der Waals surface area contributed by atoms with Crippen molar-refractivity contribution in [3.8, 4) is 10.6 Å². The SMILES string of the molecule is OCCc1nc(-c2ccc(Br)s2)c(Cl)[nH]1. The predicted molar refractivity (Wildman–Crippen MR) is 65.4 cm³/mol. The zero-order valence-corrected chi connectivity index (χ0v) is 10.8. The maximum Gasteiger partial charge on any atom is 0.135 e. The molecule has 2 rings (SSSR count). The zero-order chi connectivity index (χ0) is 10.8. The number of aromatic amines is 1. The van der Waals surface area contributed by atoms with Gasteiger partial charge in [0.15, 0.2) is 0 Å². The molecule has 2 N–H and O–H groups in total. The molecule has 0 atom stereocenters. The first-order chi connectivity index (χ1) is 7.20. The molecule has 0 unspecified atom stereocenters. The van der Waals surface area contributed by atoms with E-state index in [9.17, 15) is 0 Å². The van der Waals surface area contributed by atoms with E-state index in [2.05, 4.69) is 25.9 Å². The van der Waals surface area contributed by atoms with Gasteiger partial charge in [0, 0.05) is 6.42 Å². The minimum atomic E-state index is 0.0669. The Kier molecular flexibility index (Phi) is 3.45. The van der Waals surface area contributed by atoms with Crippen LogP contribution < -0.4 is 0 Å². The van der Waals surface area contributed by atoms with E-state index in [0.29, 0.717) is 17.4 Å². The van der Waals surface area contributed by atoms with E-state index in [1.165, 1.54) is 0 Å². The molecule has 0 aromatic carbocycles. The van der Waals surface area contributed by atoms with Gasteiger partial charge in [-0.2, -0.15) is 0 Å². The molecule has 2 aromatic rings. The number of halogens is 2. The molecule has 6 heteroatoms. The van der Waals surface area contributed by atoms with Crippen LogP contribution in [0.5, 0.6) is 0 Å². The monoisotopic (exact) mass is 306 g/mol. The molecule has 0 saturated heterocycles. The van der Waals surface area contributed by atoms with Gasteiger partial charge in [-0.3, -0.25) is 0 Å². The number of aliphatic hydroxyl groups is 1. The summed E-state index contributed by atoms with van der Waals surface area (Å²) in [5, 5.41) is 9.31. The molecule has 2 heterocycles. The molecule has 0 bridgehead atoms. The average molecular weight is 308 g/mol. The normalized spacial score (nSPS) is 10.9. The number of nitrogens with zero attached hydrogens (tertiary/aromatic N) is 1. The Morgan fingerprint density at radius 3 is 2.93 bits per heavy atom. The molecule has 2 aromatic heterocycles. The molecule has 15 heavy (non-hydrogen) atoms. The summed E-state index contributed by atoms with van der Waals surface area (Å²) in [6, 6.07) is 3.91. The van der Waals surface area contributed by atoms with E-state index in [1.807, 2.05) is 12.1 Å². The highest BCUT2D eigenvalue weighted by atomic mass is 79.9. The van der Waals surface area contributed by atoms with Crippen LogP contribution in [0.2, 0.25) is 5.15 Å². The van der Waals surface area contributed by atoms with Gasteiger partial charge >= 0.3 is 0 Å². The molecule has 0 amide bonds. The van der Waals surface area contributed by atoms with Crippen molar-refractivity contribution in [3.05, 3.63) is 26.9 Å². The molecular weight excluding hydrogens is 300 g/mol. The second kappa shape index (κ2) is 4.65. The highest BCUT2D eigenvalue weighted by Crippen LogP contribution is 2.33. The van der Waals surface area contributed by atoms with Gasteiger partial charge in [0.25, 0.3) is 0 Å². The molecule has 0 saturated carbocycles. The number of H-pyrrole nitrogens is 1. The Hall–Kier alpha value is -0.360. The highest BCUT2D eigenvalue weighted by Gasteiger charge is 2.11. The van der Waals surface area contributed by atoms with Crippen molar-refractivity contribution in [3.63, 3.8) is 0 Å². The van der Waals surface area contributed by atoms with Crippen LogP contribution in [0.4, 0.5) is 0 Å². The summed E-state index contributed by atoms with van der Waals surface area (Å²) in [6.07, 6.45) is 0.492. The largest absolute Gasteiger partial charge is 0.396 e. The summed E-state index contributed by atoms with van der Waals surface area (Å²) in [5.41, 5.74) is 0.746. The van der Waals surface area contributed by atoms with Crippen LogP contribution in [-0.2, 0) is 6.42 Å².